The van der Waals surface area contributed by atoms with Crippen LogP contribution in [0.1, 0.15) is 79.6 Å². The summed E-state index contributed by atoms with van der Waals surface area (Å²) < 4.78 is 49.6. The van der Waals surface area contributed by atoms with Crippen LogP contribution in [-0.4, -0.2) is 41.5 Å². The molecular formula is C27H42F2O4S. The molecule has 4 nitrogen and oxygen atoms in total. The second-order valence-corrected chi connectivity index (χ2v) is 14.6. The molecule has 3 aliphatic rings. The van der Waals surface area contributed by atoms with E-state index in [4.69, 9.17) is 0 Å². The van der Waals surface area contributed by atoms with Gasteiger partial charge >= 0.3 is 5.25 Å². The van der Waals surface area contributed by atoms with Gasteiger partial charge in [-0.1, -0.05) is 49.8 Å². The van der Waals surface area contributed by atoms with Crippen molar-refractivity contribution >= 4 is 10.6 Å². The van der Waals surface area contributed by atoms with Gasteiger partial charge in [0.25, 0.3) is 0 Å². The Bertz CT molecular complexity index is 899. The molecule has 5 atom stereocenters. The molecule has 3 aliphatic carbocycles. The third-order valence-corrected chi connectivity index (χ3v) is 10.9. The van der Waals surface area contributed by atoms with Crippen molar-refractivity contribution in [2.45, 2.75) is 102 Å². The third-order valence-electron chi connectivity index (χ3n) is 8.22. The van der Waals surface area contributed by atoms with Crippen LogP contribution in [-0.2, 0) is 0 Å². The Kier molecular flexibility index (Phi) is 7.69. The third kappa shape index (κ3) is 4.96. The lowest BCUT2D eigenvalue weighted by atomic mass is 9.62. The molecule has 0 bridgehead atoms. The largest absolute Gasteiger partial charge is 0.393 e. The quantitative estimate of drug-likeness (QED) is 0.301. The zero-order valence-electron chi connectivity index (χ0n) is 21.2. The van der Waals surface area contributed by atoms with Crippen molar-refractivity contribution in [2.24, 2.45) is 17.3 Å². The van der Waals surface area contributed by atoms with E-state index in [1.54, 1.807) is 6.92 Å². The Labute approximate surface area is 204 Å². The van der Waals surface area contributed by atoms with Crippen LogP contribution in [0.15, 0.2) is 47.1 Å². The van der Waals surface area contributed by atoms with Gasteiger partial charge in [0, 0.05) is 12.8 Å². The molecule has 0 spiro atoms. The zero-order valence-corrected chi connectivity index (χ0v) is 22.0. The van der Waals surface area contributed by atoms with Crippen molar-refractivity contribution in [2.75, 3.05) is 0 Å². The minimum atomic E-state index is -4.12. The molecule has 0 saturated heterocycles. The standard InChI is InChI=1S/C27H42F2O4S/c1-17(16-27(28,29)34(32,33)25(3,4)5)22-11-12-23-19(8-7-13-26(22,23)6)9-10-20-14-21(30)15-24(31)18(20)2/h9-11,17,21,23-24,30-33H,2,7-8,12-16H2,1,3-6H3/b19-9+,20-10-/t17-,21?,23+,24+,26-/m1/s1. The molecule has 2 fully saturated rings. The summed E-state index contributed by atoms with van der Waals surface area (Å²) in [6.45, 7) is 12.2. The molecule has 7 heteroatoms. The van der Waals surface area contributed by atoms with Gasteiger partial charge in [-0.05, 0) is 81.3 Å². The summed E-state index contributed by atoms with van der Waals surface area (Å²) in [6, 6.07) is 0. The van der Waals surface area contributed by atoms with E-state index in [-0.39, 0.29) is 11.3 Å². The van der Waals surface area contributed by atoms with Gasteiger partial charge in [0.05, 0.1) is 17.0 Å². The fourth-order valence-corrected chi connectivity index (χ4v) is 7.49. The van der Waals surface area contributed by atoms with E-state index in [1.165, 1.54) is 26.3 Å². The van der Waals surface area contributed by atoms with Gasteiger partial charge in [0.15, 0.2) is 0 Å². The van der Waals surface area contributed by atoms with Crippen LogP contribution in [0, 0.1) is 17.3 Å². The number of halogens is 2. The summed E-state index contributed by atoms with van der Waals surface area (Å²) in [6.07, 6.45) is 8.59. The Morgan fingerprint density at radius 3 is 2.50 bits per heavy atom. The van der Waals surface area contributed by atoms with Gasteiger partial charge in [-0.2, -0.15) is 8.78 Å². The van der Waals surface area contributed by atoms with Crippen molar-refractivity contribution in [1.29, 1.82) is 0 Å². The second kappa shape index (κ2) is 9.47. The van der Waals surface area contributed by atoms with E-state index in [1.807, 2.05) is 6.08 Å². The lowest BCUT2D eigenvalue weighted by Crippen LogP contribution is -2.40. The number of rotatable bonds is 5. The number of hydrogen-bond donors (Lipinski definition) is 4. The van der Waals surface area contributed by atoms with Crippen molar-refractivity contribution in [1.82, 2.24) is 0 Å². The number of fused-ring (bicyclic) bond motifs is 1. The predicted octanol–water partition coefficient (Wildman–Crippen LogP) is 7.22. The monoisotopic (exact) mass is 500 g/mol. The average Bonchev–Trinajstić information content (AvgIpc) is 3.06. The molecule has 0 aromatic heterocycles. The average molecular weight is 501 g/mol. The van der Waals surface area contributed by atoms with E-state index in [9.17, 15) is 19.3 Å². The van der Waals surface area contributed by atoms with E-state index in [0.717, 1.165) is 36.8 Å². The van der Waals surface area contributed by atoms with E-state index >= 15 is 8.78 Å². The molecule has 0 radical (unpaired) electrons. The second-order valence-electron chi connectivity index (χ2n) is 11.7. The lowest BCUT2D eigenvalue weighted by Gasteiger charge is -2.50. The fourth-order valence-electron chi connectivity index (χ4n) is 6.11. The number of aliphatic hydroxyl groups excluding tert-OH is 2. The number of aliphatic hydroxyl groups is 2. The van der Waals surface area contributed by atoms with Gasteiger partial charge in [-0.3, -0.25) is 9.11 Å². The molecule has 0 heterocycles. The fraction of sp³-hybridized carbons (Fsp3) is 0.704. The van der Waals surface area contributed by atoms with Crippen molar-refractivity contribution in [3.63, 3.8) is 0 Å². The smallest absolute Gasteiger partial charge is 0.338 e. The van der Waals surface area contributed by atoms with Crippen molar-refractivity contribution in [3.05, 3.63) is 47.1 Å². The van der Waals surface area contributed by atoms with E-state index in [2.05, 4.69) is 25.7 Å². The van der Waals surface area contributed by atoms with Crippen LogP contribution in [0.2, 0.25) is 0 Å². The Morgan fingerprint density at radius 2 is 1.88 bits per heavy atom. The highest BCUT2D eigenvalue weighted by Gasteiger charge is 2.54. The first-order valence-electron chi connectivity index (χ1n) is 12.3. The zero-order chi connectivity index (χ0) is 25.7. The first-order valence-corrected chi connectivity index (χ1v) is 13.9. The molecule has 2 saturated carbocycles. The SMILES string of the molecule is C=C1/C(=C\C=C2/CCC[C@]3(C)C([C@H](C)CC(F)(F)S(O)(O)C(C)(C)C)=CC[C@@H]23)CC(O)C[C@@H]1O. The molecule has 0 aliphatic heterocycles. The molecule has 1 unspecified atom stereocenters. The van der Waals surface area contributed by atoms with Crippen LogP contribution >= 0.6 is 10.6 Å². The summed E-state index contributed by atoms with van der Waals surface area (Å²) in [7, 11) is -4.12. The molecule has 34 heavy (non-hydrogen) atoms. The highest BCUT2D eigenvalue weighted by Crippen LogP contribution is 2.66. The summed E-state index contributed by atoms with van der Waals surface area (Å²) in [5.74, 6) is -0.265. The topological polar surface area (TPSA) is 80.9 Å². The van der Waals surface area contributed by atoms with Crippen LogP contribution in [0.5, 0.6) is 0 Å². The number of allylic oxidation sites excluding steroid dienone is 5. The predicted molar refractivity (Wildman–Crippen MR) is 136 cm³/mol. The Balaban J connectivity index is 1.80. The summed E-state index contributed by atoms with van der Waals surface area (Å²) in [5.41, 5.74) is 3.52. The van der Waals surface area contributed by atoms with Gasteiger partial charge in [0.2, 0.25) is 0 Å². The molecule has 0 aromatic carbocycles. The van der Waals surface area contributed by atoms with Crippen LogP contribution in [0.25, 0.3) is 0 Å². The molecular weight excluding hydrogens is 458 g/mol. The maximum atomic E-state index is 15.1. The van der Waals surface area contributed by atoms with Gasteiger partial charge in [0.1, 0.15) is 0 Å². The van der Waals surface area contributed by atoms with E-state index in [0.29, 0.717) is 18.4 Å². The highest BCUT2D eigenvalue weighted by molar-refractivity contribution is 8.26. The van der Waals surface area contributed by atoms with Crippen LogP contribution in [0.4, 0.5) is 8.78 Å². The highest BCUT2D eigenvalue weighted by atomic mass is 32.3. The summed E-state index contributed by atoms with van der Waals surface area (Å²) >= 11 is 0. The minimum Gasteiger partial charge on any atom is -0.393 e. The maximum absolute atomic E-state index is 15.1. The molecule has 3 rings (SSSR count). The minimum absolute atomic E-state index is 0.207. The molecule has 0 amide bonds. The van der Waals surface area contributed by atoms with Gasteiger partial charge in [-0.25, -0.2) is 0 Å². The number of alkyl halides is 2. The Hall–Kier alpha value is -0.990. The normalized spacial score (nSPS) is 34.9. The van der Waals surface area contributed by atoms with E-state index < -0.39 is 45.1 Å². The molecule has 0 aromatic rings. The molecule has 4 N–H and O–H groups in total. The van der Waals surface area contributed by atoms with Crippen molar-refractivity contribution < 1.29 is 28.1 Å². The van der Waals surface area contributed by atoms with Crippen LogP contribution in [0.3, 0.4) is 0 Å². The maximum Gasteiger partial charge on any atom is 0.338 e. The summed E-state index contributed by atoms with van der Waals surface area (Å²) in [4.78, 5) is 0. The van der Waals surface area contributed by atoms with Crippen molar-refractivity contribution in [3.8, 4) is 0 Å². The van der Waals surface area contributed by atoms with Gasteiger partial charge in [-0.15, -0.1) is 10.6 Å². The lowest BCUT2D eigenvalue weighted by molar-refractivity contribution is 0.0507. The molecule has 194 valence electrons. The first-order chi connectivity index (χ1) is 15.5. The first kappa shape index (κ1) is 27.6. The van der Waals surface area contributed by atoms with Crippen LogP contribution < -0.4 is 0 Å². The van der Waals surface area contributed by atoms with Gasteiger partial charge < -0.3 is 10.2 Å². The number of hydrogen-bond acceptors (Lipinski definition) is 4. The Morgan fingerprint density at radius 1 is 1.24 bits per heavy atom. The summed E-state index contributed by atoms with van der Waals surface area (Å²) in [5, 5.41) is 16.6.